The van der Waals surface area contributed by atoms with Crippen LogP contribution in [0.1, 0.15) is 16.0 Å². The van der Waals surface area contributed by atoms with Gasteiger partial charge in [-0.1, -0.05) is 42.0 Å². The van der Waals surface area contributed by atoms with Crippen LogP contribution in [-0.4, -0.2) is 0 Å². The van der Waals surface area contributed by atoms with Crippen LogP contribution in [0.15, 0.2) is 41.8 Å². The van der Waals surface area contributed by atoms with E-state index in [1.165, 1.54) is 16.0 Å². The van der Waals surface area contributed by atoms with Gasteiger partial charge in [0.15, 0.2) is 0 Å². The third-order valence-corrected chi connectivity index (χ3v) is 2.86. The van der Waals surface area contributed by atoms with Crippen molar-refractivity contribution >= 4 is 23.5 Å². The summed E-state index contributed by atoms with van der Waals surface area (Å²) in [4.78, 5) is 1.30. The van der Waals surface area contributed by atoms with E-state index in [9.17, 15) is 0 Å². The first-order chi connectivity index (χ1) is 6.84. The Kier molecular flexibility index (Phi) is 2.80. The van der Waals surface area contributed by atoms with Crippen molar-refractivity contribution in [2.75, 3.05) is 0 Å². The van der Waals surface area contributed by atoms with E-state index in [1.54, 1.807) is 11.3 Å². The number of thiophene rings is 1. The van der Waals surface area contributed by atoms with E-state index in [0.29, 0.717) is 0 Å². The van der Waals surface area contributed by atoms with Crippen LogP contribution in [0.25, 0.3) is 12.2 Å². The van der Waals surface area contributed by atoms with Gasteiger partial charge in [0.25, 0.3) is 0 Å². The van der Waals surface area contributed by atoms with E-state index in [-0.39, 0.29) is 0 Å². The van der Waals surface area contributed by atoms with E-state index >= 15 is 0 Å². The zero-order valence-electron chi connectivity index (χ0n) is 8.10. The molecule has 14 heavy (non-hydrogen) atoms. The highest BCUT2D eigenvalue weighted by Gasteiger charge is 1.88. The maximum absolute atomic E-state index is 2.18. The fourth-order valence-electron chi connectivity index (χ4n) is 1.34. The fraction of sp³-hybridized carbons (Fsp3) is 0.0769. The van der Waals surface area contributed by atoms with Crippen molar-refractivity contribution in [1.82, 2.24) is 0 Å². The molecule has 2 rings (SSSR count). The quantitative estimate of drug-likeness (QED) is 0.680. The van der Waals surface area contributed by atoms with Gasteiger partial charge in [-0.3, -0.25) is 0 Å². The van der Waals surface area contributed by atoms with Gasteiger partial charge < -0.3 is 0 Å². The van der Waals surface area contributed by atoms with Gasteiger partial charge in [0.1, 0.15) is 0 Å². The van der Waals surface area contributed by atoms with Gasteiger partial charge in [-0.2, -0.15) is 0 Å². The molecule has 1 heterocycles. The van der Waals surface area contributed by atoms with E-state index < -0.39 is 0 Å². The lowest BCUT2D eigenvalue weighted by atomic mass is 10.1. The molecule has 0 radical (unpaired) electrons. The van der Waals surface area contributed by atoms with Crippen LogP contribution in [-0.2, 0) is 0 Å². The number of aryl methyl sites for hydroxylation is 1. The third-order valence-electron chi connectivity index (χ3n) is 2.03. The van der Waals surface area contributed by atoms with Gasteiger partial charge in [-0.05, 0) is 30.0 Å². The van der Waals surface area contributed by atoms with Gasteiger partial charge in [-0.25, -0.2) is 0 Å². The van der Waals surface area contributed by atoms with Crippen molar-refractivity contribution in [2.24, 2.45) is 0 Å². The van der Waals surface area contributed by atoms with Crippen LogP contribution in [0.2, 0.25) is 0 Å². The molecule has 0 fully saturated rings. The highest BCUT2D eigenvalue weighted by molar-refractivity contribution is 7.10. The Bertz CT molecular complexity index is 424. The Hall–Kier alpha value is -1.34. The molecule has 0 amide bonds. The van der Waals surface area contributed by atoms with Crippen LogP contribution >= 0.6 is 11.3 Å². The largest absolute Gasteiger partial charge is 0.144 e. The van der Waals surface area contributed by atoms with Gasteiger partial charge in [0.05, 0.1) is 0 Å². The van der Waals surface area contributed by atoms with Crippen molar-refractivity contribution in [3.63, 3.8) is 0 Å². The molecule has 1 heteroatoms. The van der Waals surface area contributed by atoms with Crippen LogP contribution < -0.4 is 0 Å². The molecule has 0 saturated heterocycles. The SMILES string of the molecule is Cc1cccc(/C=C\c2cccs2)c1. The second-order valence-corrected chi connectivity index (χ2v) is 4.24. The predicted octanol–water partition coefficient (Wildman–Crippen LogP) is 4.23. The lowest BCUT2D eigenvalue weighted by Gasteiger charge is -1.94. The van der Waals surface area contributed by atoms with Crippen molar-refractivity contribution in [1.29, 1.82) is 0 Å². The normalized spacial score (nSPS) is 10.9. The molecule has 0 aliphatic carbocycles. The minimum absolute atomic E-state index is 1.26. The summed E-state index contributed by atoms with van der Waals surface area (Å²) in [6.07, 6.45) is 4.30. The maximum Gasteiger partial charge on any atom is 0.0270 e. The number of benzene rings is 1. The molecule has 0 aliphatic heterocycles. The summed E-state index contributed by atoms with van der Waals surface area (Å²) in [5.74, 6) is 0. The molecule has 0 spiro atoms. The van der Waals surface area contributed by atoms with Crippen molar-refractivity contribution in [2.45, 2.75) is 6.92 Å². The van der Waals surface area contributed by atoms with Crippen LogP contribution in [0.3, 0.4) is 0 Å². The summed E-state index contributed by atoms with van der Waals surface area (Å²) < 4.78 is 0. The highest BCUT2D eigenvalue weighted by Crippen LogP contribution is 2.13. The third kappa shape index (κ3) is 2.33. The minimum Gasteiger partial charge on any atom is -0.144 e. The Morgan fingerprint density at radius 1 is 1.07 bits per heavy atom. The number of hydrogen-bond donors (Lipinski definition) is 0. The van der Waals surface area contributed by atoms with Gasteiger partial charge in [-0.15, -0.1) is 11.3 Å². The zero-order chi connectivity index (χ0) is 9.80. The van der Waals surface area contributed by atoms with Crippen LogP contribution in [0, 0.1) is 6.92 Å². The molecule has 0 nitrogen and oxygen atoms in total. The fourth-order valence-corrected chi connectivity index (χ4v) is 1.96. The Balaban J connectivity index is 2.18. The molecular formula is C13H12S. The van der Waals surface area contributed by atoms with Gasteiger partial charge in [0.2, 0.25) is 0 Å². The second-order valence-electron chi connectivity index (χ2n) is 3.26. The molecule has 1 aromatic heterocycles. The molecule has 0 unspecified atom stereocenters. The van der Waals surface area contributed by atoms with Gasteiger partial charge in [0, 0.05) is 4.88 Å². The Morgan fingerprint density at radius 2 is 2.00 bits per heavy atom. The van der Waals surface area contributed by atoms with Crippen LogP contribution in [0.5, 0.6) is 0 Å². The van der Waals surface area contributed by atoms with Crippen molar-refractivity contribution in [3.8, 4) is 0 Å². The highest BCUT2D eigenvalue weighted by atomic mass is 32.1. The second kappa shape index (κ2) is 4.25. The lowest BCUT2D eigenvalue weighted by molar-refractivity contribution is 1.46. The zero-order valence-corrected chi connectivity index (χ0v) is 8.92. The molecule has 2 aromatic rings. The monoisotopic (exact) mass is 200 g/mol. The average Bonchev–Trinajstić information content (AvgIpc) is 2.67. The Morgan fingerprint density at radius 3 is 2.71 bits per heavy atom. The van der Waals surface area contributed by atoms with Crippen molar-refractivity contribution < 1.29 is 0 Å². The van der Waals surface area contributed by atoms with Crippen LogP contribution in [0.4, 0.5) is 0 Å². The summed E-state index contributed by atoms with van der Waals surface area (Å²) in [6, 6.07) is 12.7. The molecular weight excluding hydrogens is 188 g/mol. The van der Waals surface area contributed by atoms with E-state index in [4.69, 9.17) is 0 Å². The lowest BCUT2D eigenvalue weighted by Crippen LogP contribution is -1.73. The molecule has 0 atom stereocenters. The Labute approximate surface area is 88.5 Å². The van der Waals surface area contributed by atoms with E-state index in [2.05, 4.69) is 60.9 Å². The first-order valence-corrected chi connectivity index (χ1v) is 5.51. The summed E-state index contributed by atoms with van der Waals surface area (Å²) >= 11 is 1.76. The number of hydrogen-bond acceptors (Lipinski definition) is 1. The molecule has 0 aliphatic rings. The van der Waals surface area contributed by atoms with E-state index in [0.717, 1.165) is 0 Å². The first kappa shape index (κ1) is 9.22. The molecule has 0 N–H and O–H groups in total. The first-order valence-electron chi connectivity index (χ1n) is 4.63. The minimum atomic E-state index is 1.26. The van der Waals surface area contributed by atoms with Crippen molar-refractivity contribution in [3.05, 3.63) is 57.8 Å². The smallest absolute Gasteiger partial charge is 0.0270 e. The van der Waals surface area contributed by atoms with E-state index in [1.807, 2.05) is 0 Å². The average molecular weight is 200 g/mol. The van der Waals surface area contributed by atoms with Gasteiger partial charge >= 0.3 is 0 Å². The summed E-state index contributed by atoms with van der Waals surface area (Å²) in [5.41, 5.74) is 2.57. The molecule has 0 saturated carbocycles. The summed E-state index contributed by atoms with van der Waals surface area (Å²) in [7, 11) is 0. The summed E-state index contributed by atoms with van der Waals surface area (Å²) in [5, 5.41) is 2.09. The predicted molar refractivity (Wildman–Crippen MR) is 64.4 cm³/mol. The standard InChI is InChI=1S/C13H12S/c1-11-4-2-5-12(10-11)7-8-13-6-3-9-14-13/h2-10H,1H3/b8-7-. The topological polar surface area (TPSA) is 0 Å². The maximum atomic E-state index is 2.18. The number of rotatable bonds is 2. The summed E-state index contributed by atoms with van der Waals surface area (Å²) in [6.45, 7) is 2.11. The molecule has 0 bridgehead atoms. The molecule has 1 aromatic carbocycles. The molecule has 70 valence electrons.